The van der Waals surface area contributed by atoms with Crippen LogP contribution in [0, 0.1) is 11.6 Å². The van der Waals surface area contributed by atoms with Gasteiger partial charge in [0.25, 0.3) is 5.91 Å². The molecular formula is C27H25F2N3O3. The highest BCUT2D eigenvalue weighted by molar-refractivity contribution is 5.96. The van der Waals surface area contributed by atoms with Crippen molar-refractivity contribution in [3.63, 3.8) is 0 Å². The molecule has 5 rings (SSSR count). The summed E-state index contributed by atoms with van der Waals surface area (Å²) in [6.07, 6.45) is 2.27. The van der Waals surface area contributed by atoms with E-state index in [2.05, 4.69) is 9.88 Å². The zero-order valence-corrected chi connectivity index (χ0v) is 19.1. The van der Waals surface area contributed by atoms with E-state index in [0.29, 0.717) is 30.7 Å². The second kappa shape index (κ2) is 9.84. The number of aromatic amines is 1. The predicted molar refractivity (Wildman–Crippen MR) is 129 cm³/mol. The lowest BCUT2D eigenvalue weighted by Gasteiger charge is -2.26. The summed E-state index contributed by atoms with van der Waals surface area (Å²) in [6, 6.07) is 16.2. The highest BCUT2D eigenvalue weighted by Gasteiger charge is 2.24. The van der Waals surface area contributed by atoms with Crippen LogP contribution >= 0.6 is 0 Å². The van der Waals surface area contributed by atoms with Crippen LogP contribution in [0.1, 0.15) is 28.8 Å². The van der Waals surface area contributed by atoms with Gasteiger partial charge in [-0.2, -0.15) is 0 Å². The van der Waals surface area contributed by atoms with Crippen LogP contribution in [0.25, 0.3) is 22.2 Å². The van der Waals surface area contributed by atoms with Gasteiger partial charge in [0.2, 0.25) is 0 Å². The number of benzene rings is 3. The van der Waals surface area contributed by atoms with Crippen LogP contribution in [0.4, 0.5) is 8.78 Å². The summed E-state index contributed by atoms with van der Waals surface area (Å²) in [7, 11) is 0. The fourth-order valence-electron chi connectivity index (χ4n) is 4.54. The monoisotopic (exact) mass is 477 g/mol. The zero-order valence-electron chi connectivity index (χ0n) is 19.1. The van der Waals surface area contributed by atoms with Crippen molar-refractivity contribution in [3.05, 3.63) is 94.0 Å². The molecule has 1 aromatic heterocycles. The molecule has 1 N–H and O–H groups in total. The molecule has 2 heterocycles. The minimum Gasteiger partial charge on any atom is -0.408 e. The number of nitrogens with zero attached hydrogens (tertiary/aromatic N) is 2. The van der Waals surface area contributed by atoms with E-state index in [1.807, 2.05) is 30.3 Å². The summed E-state index contributed by atoms with van der Waals surface area (Å²) < 4.78 is 34.8. The Balaban J connectivity index is 1.48. The highest BCUT2D eigenvalue weighted by Crippen LogP contribution is 2.29. The van der Waals surface area contributed by atoms with Crippen molar-refractivity contribution >= 4 is 17.0 Å². The number of H-pyrrole nitrogens is 1. The number of carbonyl (C=O) groups excluding carboxylic acids is 1. The molecule has 0 aliphatic carbocycles. The minimum atomic E-state index is -0.912. The average Bonchev–Trinajstić information content (AvgIpc) is 3.50. The predicted octanol–water partition coefficient (Wildman–Crippen LogP) is 4.80. The topological polar surface area (TPSA) is 69.5 Å². The molecule has 4 aromatic rings. The molecule has 0 radical (unpaired) electrons. The van der Waals surface area contributed by atoms with Crippen molar-refractivity contribution in [2.24, 2.45) is 0 Å². The summed E-state index contributed by atoms with van der Waals surface area (Å²) in [4.78, 5) is 31.5. The van der Waals surface area contributed by atoms with Crippen LogP contribution in [0.5, 0.6) is 0 Å². The molecule has 35 heavy (non-hydrogen) atoms. The van der Waals surface area contributed by atoms with Gasteiger partial charge in [0.15, 0.2) is 5.58 Å². The Morgan fingerprint density at radius 3 is 2.54 bits per heavy atom. The number of hydrogen-bond acceptors (Lipinski definition) is 4. The first-order valence-corrected chi connectivity index (χ1v) is 11.7. The van der Waals surface area contributed by atoms with Crippen molar-refractivity contribution < 1.29 is 18.0 Å². The molecule has 6 nitrogen and oxygen atoms in total. The number of aromatic nitrogens is 1. The third-order valence-electron chi connectivity index (χ3n) is 6.41. The van der Waals surface area contributed by atoms with Crippen molar-refractivity contribution in [1.82, 2.24) is 14.8 Å². The van der Waals surface area contributed by atoms with Gasteiger partial charge in [0, 0.05) is 31.3 Å². The molecule has 3 aromatic carbocycles. The molecule has 1 aliphatic heterocycles. The number of rotatable bonds is 7. The number of hydrogen-bond donors (Lipinski definition) is 1. The van der Waals surface area contributed by atoms with Gasteiger partial charge in [-0.15, -0.1) is 0 Å². The molecule has 0 spiro atoms. The van der Waals surface area contributed by atoms with E-state index in [4.69, 9.17) is 4.42 Å². The molecule has 0 saturated carbocycles. The Morgan fingerprint density at radius 1 is 1.00 bits per heavy atom. The number of amides is 1. The second-order valence-corrected chi connectivity index (χ2v) is 8.80. The van der Waals surface area contributed by atoms with Gasteiger partial charge < -0.3 is 14.2 Å². The number of likely N-dealkylation sites (tertiary alicyclic amines) is 1. The number of carbonyl (C=O) groups is 1. The summed E-state index contributed by atoms with van der Waals surface area (Å²) in [6.45, 7) is 3.41. The maximum absolute atomic E-state index is 14.9. The second-order valence-electron chi connectivity index (χ2n) is 8.80. The van der Waals surface area contributed by atoms with Gasteiger partial charge in [-0.3, -0.25) is 9.78 Å². The number of fused-ring (bicyclic) bond motifs is 1. The highest BCUT2D eigenvalue weighted by atomic mass is 19.1. The molecule has 1 saturated heterocycles. The van der Waals surface area contributed by atoms with Crippen molar-refractivity contribution in [2.75, 3.05) is 26.2 Å². The Hall–Kier alpha value is -3.78. The SMILES string of the molecule is O=C(c1cc(-c2ccc3[nH]c(=O)oc3c2)c(F)cc1F)N(CCN1CCCC1)Cc1ccccc1. The third-order valence-corrected chi connectivity index (χ3v) is 6.41. The molecule has 0 atom stereocenters. The largest absolute Gasteiger partial charge is 0.417 e. The van der Waals surface area contributed by atoms with E-state index >= 15 is 0 Å². The van der Waals surface area contributed by atoms with E-state index in [-0.39, 0.29) is 16.7 Å². The fourth-order valence-corrected chi connectivity index (χ4v) is 4.54. The van der Waals surface area contributed by atoms with Crippen LogP contribution in [0.2, 0.25) is 0 Å². The van der Waals surface area contributed by atoms with Gasteiger partial charge in [-0.1, -0.05) is 36.4 Å². The molecule has 0 unspecified atom stereocenters. The van der Waals surface area contributed by atoms with Crippen LogP contribution < -0.4 is 5.76 Å². The lowest BCUT2D eigenvalue weighted by molar-refractivity contribution is 0.0722. The maximum Gasteiger partial charge on any atom is 0.417 e. The van der Waals surface area contributed by atoms with E-state index in [9.17, 15) is 18.4 Å². The van der Waals surface area contributed by atoms with Crippen LogP contribution in [-0.2, 0) is 6.54 Å². The third kappa shape index (κ3) is 5.02. The van der Waals surface area contributed by atoms with Crippen LogP contribution in [0.3, 0.4) is 0 Å². The zero-order chi connectivity index (χ0) is 24.4. The lowest BCUT2D eigenvalue weighted by Crippen LogP contribution is -2.38. The minimum absolute atomic E-state index is 0.0553. The Labute approximate surface area is 200 Å². The van der Waals surface area contributed by atoms with Crippen LogP contribution in [0.15, 0.2) is 69.9 Å². The quantitative estimate of drug-likeness (QED) is 0.415. The first-order valence-electron chi connectivity index (χ1n) is 11.7. The fraction of sp³-hybridized carbons (Fsp3) is 0.259. The standard InChI is InChI=1S/C27H25F2N3O3/c28-22-16-23(29)21(15-20(22)19-8-9-24-25(14-19)35-27(34)30-24)26(33)32(13-12-31-10-4-5-11-31)17-18-6-2-1-3-7-18/h1-3,6-9,14-16H,4-5,10-13,17H2,(H,30,34). The normalized spacial score (nSPS) is 14.0. The summed E-state index contributed by atoms with van der Waals surface area (Å²) in [5.41, 5.74) is 1.87. The summed E-state index contributed by atoms with van der Waals surface area (Å²) >= 11 is 0. The maximum atomic E-state index is 14.9. The average molecular weight is 478 g/mol. The van der Waals surface area contributed by atoms with E-state index in [1.54, 1.807) is 17.0 Å². The van der Waals surface area contributed by atoms with E-state index < -0.39 is 23.3 Å². The molecule has 1 aliphatic rings. The molecule has 1 amide bonds. The van der Waals surface area contributed by atoms with Gasteiger partial charge >= 0.3 is 5.76 Å². The smallest absolute Gasteiger partial charge is 0.408 e. The molecular weight excluding hydrogens is 452 g/mol. The molecule has 1 fully saturated rings. The van der Waals surface area contributed by atoms with E-state index in [1.165, 1.54) is 12.1 Å². The number of oxazole rings is 1. The van der Waals surface area contributed by atoms with Gasteiger partial charge in [-0.05, 0) is 55.3 Å². The van der Waals surface area contributed by atoms with Gasteiger partial charge in [0.05, 0.1) is 11.1 Å². The Morgan fingerprint density at radius 2 is 1.77 bits per heavy atom. The molecule has 180 valence electrons. The van der Waals surface area contributed by atoms with Crippen molar-refractivity contribution in [1.29, 1.82) is 0 Å². The molecule has 8 heteroatoms. The van der Waals surface area contributed by atoms with Crippen LogP contribution in [-0.4, -0.2) is 46.9 Å². The van der Waals surface area contributed by atoms with E-state index in [0.717, 1.165) is 37.6 Å². The molecule has 0 bridgehead atoms. The Bertz CT molecular complexity index is 1410. The van der Waals surface area contributed by atoms with Crippen molar-refractivity contribution in [3.8, 4) is 11.1 Å². The number of halogens is 2. The van der Waals surface area contributed by atoms with Gasteiger partial charge in [-0.25, -0.2) is 13.6 Å². The number of nitrogens with one attached hydrogen (secondary N) is 1. The van der Waals surface area contributed by atoms with Gasteiger partial charge in [0.1, 0.15) is 11.6 Å². The first-order chi connectivity index (χ1) is 17.0. The Kier molecular flexibility index (Phi) is 6.46. The summed E-state index contributed by atoms with van der Waals surface area (Å²) in [5, 5.41) is 0. The first kappa shape index (κ1) is 23.0. The lowest BCUT2D eigenvalue weighted by atomic mass is 10.0. The van der Waals surface area contributed by atoms with Crippen molar-refractivity contribution in [2.45, 2.75) is 19.4 Å². The summed E-state index contributed by atoms with van der Waals surface area (Å²) in [5.74, 6) is -2.84.